The number of nitro benzene ring substituents is 1. The summed E-state index contributed by atoms with van der Waals surface area (Å²) >= 11 is 7.53. The molecule has 150 valence electrons. The molecule has 0 aliphatic rings. The van der Waals surface area contributed by atoms with E-state index in [0.717, 1.165) is 27.7 Å². The highest BCUT2D eigenvalue weighted by atomic mass is 35.5. The summed E-state index contributed by atoms with van der Waals surface area (Å²) in [6, 6.07) is 24.2. The standard InChI is InChI=1S/C22H17ClN4O2S/c23-19-11-9-18(10-12-19)21-24-25-22(26(21)14-16-5-2-1-3-6-16)30-15-17-7-4-8-20(13-17)27(28)29/h1-13H,14-15H2. The second kappa shape index (κ2) is 9.11. The molecule has 6 nitrogen and oxygen atoms in total. The van der Waals surface area contributed by atoms with Gasteiger partial charge in [-0.15, -0.1) is 10.2 Å². The Morgan fingerprint density at radius 1 is 0.933 bits per heavy atom. The predicted molar refractivity (Wildman–Crippen MR) is 119 cm³/mol. The van der Waals surface area contributed by atoms with Gasteiger partial charge < -0.3 is 0 Å². The maximum Gasteiger partial charge on any atom is 0.269 e. The first-order valence-electron chi connectivity index (χ1n) is 9.19. The lowest BCUT2D eigenvalue weighted by molar-refractivity contribution is -0.384. The van der Waals surface area contributed by atoms with Crippen LogP contribution in [0.5, 0.6) is 0 Å². The SMILES string of the molecule is O=[N+]([O-])c1cccc(CSc2nnc(-c3ccc(Cl)cc3)n2Cc2ccccc2)c1. The number of thioether (sulfide) groups is 1. The first kappa shape index (κ1) is 20.1. The lowest BCUT2D eigenvalue weighted by Crippen LogP contribution is -2.04. The summed E-state index contributed by atoms with van der Waals surface area (Å²) in [5, 5.41) is 21.2. The number of nitro groups is 1. The molecule has 0 amide bonds. The predicted octanol–water partition coefficient (Wildman–Crippen LogP) is 5.85. The Hall–Kier alpha value is -3.16. The van der Waals surface area contributed by atoms with Gasteiger partial charge in [0.2, 0.25) is 0 Å². The number of rotatable bonds is 7. The summed E-state index contributed by atoms with van der Waals surface area (Å²) in [6.07, 6.45) is 0. The van der Waals surface area contributed by atoms with E-state index in [-0.39, 0.29) is 10.6 Å². The summed E-state index contributed by atoms with van der Waals surface area (Å²) in [5.41, 5.74) is 2.99. The molecular formula is C22H17ClN4O2S. The molecular weight excluding hydrogens is 420 g/mol. The van der Waals surface area contributed by atoms with Crippen LogP contribution in [0.1, 0.15) is 11.1 Å². The van der Waals surface area contributed by atoms with Gasteiger partial charge in [-0.3, -0.25) is 14.7 Å². The highest BCUT2D eigenvalue weighted by Gasteiger charge is 2.16. The Kier molecular flexibility index (Phi) is 6.11. The van der Waals surface area contributed by atoms with E-state index in [1.165, 1.54) is 17.8 Å². The molecule has 1 heterocycles. The van der Waals surface area contributed by atoms with Crippen LogP contribution in [0.2, 0.25) is 5.02 Å². The molecule has 1 aromatic heterocycles. The molecule has 0 unspecified atom stereocenters. The molecule has 0 radical (unpaired) electrons. The van der Waals surface area contributed by atoms with Crippen LogP contribution in [0, 0.1) is 10.1 Å². The lowest BCUT2D eigenvalue weighted by Gasteiger charge is -2.11. The van der Waals surface area contributed by atoms with Gasteiger partial charge in [0.15, 0.2) is 11.0 Å². The van der Waals surface area contributed by atoms with Crippen LogP contribution >= 0.6 is 23.4 Å². The average Bonchev–Trinajstić information content (AvgIpc) is 3.16. The van der Waals surface area contributed by atoms with Gasteiger partial charge in [-0.1, -0.05) is 65.8 Å². The van der Waals surface area contributed by atoms with E-state index in [1.54, 1.807) is 12.1 Å². The van der Waals surface area contributed by atoms with Crippen LogP contribution in [0.15, 0.2) is 84.0 Å². The Morgan fingerprint density at radius 3 is 2.40 bits per heavy atom. The highest BCUT2D eigenvalue weighted by Crippen LogP contribution is 2.29. The van der Waals surface area contributed by atoms with Crippen molar-refractivity contribution in [2.45, 2.75) is 17.5 Å². The summed E-state index contributed by atoms with van der Waals surface area (Å²) in [7, 11) is 0. The first-order chi connectivity index (χ1) is 14.6. The molecule has 0 saturated carbocycles. The number of hydrogen-bond donors (Lipinski definition) is 0. The Morgan fingerprint density at radius 2 is 1.67 bits per heavy atom. The number of benzene rings is 3. The van der Waals surface area contributed by atoms with Crippen LogP contribution in [-0.2, 0) is 12.3 Å². The molecule has 0 spiro atoms. The Bertz CT molecular complexity index is 1160. The van der Waals surface area contributed by atoms with E-state index in [1.807, 2.05) is 48.5 Å². The Labute approximate surface area is 182 Å². The fourth-order valence-electron chi connectivity index (χ4n) is 3.02. The van der Waals surface area contributed by atoms with Crippen LogP contribution in [-0.4, -0.2) is 19.7 Å². The largest absolute Gasteiger partial charge is 0.298 e. The maximum absolute atomic E-state index is 11.0. The van der Waals surface area contributed by atoms with E-state index in [4.69, 9.17) is 11.6 Å². The van der Waals surface area contributed by atoms with Gasteiger partial charge in [0, 0.05) is 28.5 Å². The third kappa shape index (κ3) is 4.69. The molecule has 3 aromatic carbocycles. The second-order valence-corrected chi connectivity index (χ2v) is 7.98. The molecule has 0 aliphatic heterocycles. The maximum atomic E-state index is 11.0. The molecule has 0 saturated heterocycles. The molecule has 0 atom stereocenters. The van der Waals surface area contributed by atoms with Crippen molar-refractivity contribution in [3.8, 4) is 11.4 Å². The minimum absolute atomic E-state index is 0.0840. The number of hydrogen-bond acceptors (Lipinski definition) is 5. The molecule has 4 aromatic rings. The van der Waals surface area contributed by atoms with E-state index in [0.29, 0.717) is 17.3 Å². The van der Waals surface area contributed by atoms with E-state index in [2.05, 4.69) is 26.9 Å². The van der Waals surface area contributed by atoms with Crippen LogP contribution < -0.4 is 0 Å². The van der Waals surface area contributed by atoms with Gasteiger partial charge in [-0.25, -0.2) is 0 Å². The summed E-state index contributed by atoms with van der Waals surface area (Å²) < 4.78 is 2.06. The van der Waals surface area contributed by atoms with Crippen LogP contribution in [0.3, 0.4) is 0 Å². The Balaban J connectivity index is 1.64. The van der Waals surface area contributed by atoms with E-state index in [9.17, 15) is 10.1 Å². The zero-order valence-electron chi connectivity index (χ0n) is 15.8. The van der Waals surface area contributed by atoms with E-state index >= 15 is 0 Å². The van der Waals surface area contributed by atoms with Crippen molar-refractivity contribution in [2.24, 2.45) is 0 Å². The third-order valence-corrected chi connectivity index (χ3v) is 5.78. The van der Waals surface area contributed by atoms with Gasteiger partial charge in [0.25, 0.3) is 5.69 Å². The fourth-order valence-corrected chi connectivity index (χ4v) is 4.03. The topological polar surface area (TPSA) is 73.8 Å². The van der Waals surface area contributed by atoms with Gasteiger partial charge in [0.05, 0.1) is 11.5 Å². The first-order valence-corrected chi connectivity index (χ1v) is 10.6. The quantitative estimate of drug-likeness (QED) is 0.206. The average molecular weight is 437 g/mol. The zero-order valence-corrected chi connectivity index (χ0v) is 17.4. The molecule has 0 N–H and O–H groups in total. The van der Waals surface area contributed by atoms with Crippen LogP contribution in [0.25, 0.3) is 11.4 Å². The monoisotopic (exact) mass is 436 g/mol. The van der Waals surface area contributed by atoms with Crippen molar-refractivity contribution in [1.82, 2.24) is 14.8 Å². The van der Waals surface area contributed by atoms with Crippen molar-refractivity contribution in [1.29, 1.82) is 0 Å². The number of non-ortho nitro benzene ring substituents is 1. The second-order valence-electron chi connectivity index (χ2n) is 6.60. The number of aromatic nitrogens is 3. The minimum Gasteiger partial charge on any atom is -0.298 e. The third-order valence-electron chi connectivity index (χ3n) is 4.49. The summed E-state index contributed by atoms with van der Waals surface area (Å²) in [5.74, 6) is 1.30. The lowest BCUT2D eigenvalue weighted by atomic mass is 10.2. The van der Waals surface area contributed by atoms with Gasteiger partial charge in [0.1, 0.15) is 0 Å². The zero-order chi connectivity index (χ0) is 20.9. The van der Waals surface area contributed by atoms with E-state index < -0.39 is 0 Å². The summed E-state index contributed by atoms with van der Waals surface area (Å²) in [4.78, 5) is 10.6. The molecule has 30 heavy (non-hydrogen) atoms. The van der Waals surface area contributed by atoms with Crippen molar-refractivity contribution < 1.29 is 4.92 Å². The molecule has 0 fully saturated rings. The molecule has 4 rings (SSSR count). The van der Waals surface area contributed by atoms with Crippen LogP contribution in [0.4, 0.5) is 5.69 Å². The van der Waals surface area contributed by atoms with Crippen molar-refractivity contribution >= 4 is 29.1 Å². The fraction of sp³-hybridized carbons (Fsp3) is 0.0909. The van der Waals surface area contributed by atoms with Gasteiger partial charge in [-0.05, 0) is 35.4 Å². The minimum atomic E-state index is -0.384. The summed E-state index contributed by atoms with van der Waals surface area (Å²) in [6.45, 7) is 0.614. The van der Waals surface area contributed by atoms with Crippen molar-refractivity contribution in [3.05, 3.63) is 105 Å². The van der Waals surface area contributed by atoms with Crippen molar-refractivity contribution in [2.75, 3.05) is 0 Å². The molecule has 0 bridgehead atoms. The smallest absolute Gasteiger partial charge is 0.269 e. The molecule has 8 heteroatoms. The van der Waals surface area contributed by atoms with Gasteiger partial charge >= 0.3 is 0 Å². The highest BCUT2D eigenvalue weighted by molar-refractivity contribution is 7.98. The van der Waals surface area contributed by atoms with Gasteiger partial charge in [-0.2, -0.15) is 0 Å². The number of halogens is 1. The normalized spacial score (nSPS) is 10.8. The number of nitrogens with zero attached hydrogens (tertiary/aromatic N) is 4. The molecule has 0 aliphatic carbocycles. The van der Waals surface area contributed by atoms with Crippen molar-refractivity contribution in [3.63, 3.8) is 0 Å².